The zero-order valence-electron chi connectivity index (χ0n) is 30.7. The molecule has 0 fully saturated rings. The van der Waals surface area contributed by atoms with Crippen molar-refractivity contribution in [1.82, 2.24) is 19.1 Å². The van der Waals surface area contributed by atoms with E-state index in [2.05, 4.69) is 179 Å². The second-order valence-electron chi connectivity index (χ2n) is 14.6. The van der Waals surface area contributed by atoms with Gasteiger partial charge in [-0.1, -0.05) is 146 Å². The van der Waals surface area contributed by atoms with Crippen LogP contribution in [0.5, 0.6) is 0 Å². The van der Waals surface area contributed by atoms with Gasteiger partial charge in [0, 0.05) is 43.4 Å². The third kappa shape index (κ3) is 4.89. The fourth-order valence-corrected chi connectivity index (χ4v) is 8.73. The zero-order valence-corrected chi connectivity index (χ0v) is 30.7. The Kier molecular flexibility index (Phi) is 6.86. The first-order valence-electron chi connectivity index (χ1n) is 19.2. The SMILES string of the molecule is c1ccc(-c2cc(-c3ccccc3)nc(-n3c4ccccc4c4ccc(-c5ccc6c(c5)c5ccccc5n6-c5cccc6c5oc5ccccc56)cc43)n2)cc1. The van der Waals surface area contributed by atoms with Crippen molar-refractivity contribution in [2.24, 2.45) is 0 Å². The van der Waals surface area contributed by atoms with Gasteiger partial charge in [-0.05, 0) is 59.7 Å². The van der Waals surface area contributed by atoms with Crippen LogP contribution in [-0.2, 0) is 0 Å². The smallest absolute Gasteiger partial charge is 0.235 e. The topological polar surface area (TPSA) is 48.8 Å². The Morgan fingerprint density at radius 1 is 0.333 bits per heavy atom. The zero-order chi connectivity index (χ0) is 37.5. The summed E-state index contributed by atoms with van der Waals surface area (Å²) in [4.78, 5) is 10.5. The van der Waals surface area contributed by atoms with Gasteiger partial charge in [0.2, 0.25) is 5.95 Å². The number of hydrogen-bond donors (Lipinski definition) is 0. The average molecular weight is 729 g/mol. The highest BCUT2D eigenvalue weighted by molar-refractivity contribution is 6.14. The third-order valence-corrected chi connectivity index (χ3v) is 11.4. The van der Waals surface area contributed by atoms with Crippen LogP contribution in [0.4, 0.5) is 0 Å². The fraction of sp³-hybridized carbons (Fsp3) is 0. The van der Waals surface area contributed by atoms with Gasteiger partial charge in [-0.25, -0.2) is 9.97 Å². The molecule has 5 heteroatoms. The number of para-hydroxylation sites is 4. The van der Waals surface area contributed by atoms with E-state index in [9.17, 15) is 0 Å². The Bertz CT molecular complexity index is 3460. The molecule has 4 aromatic heterocycles. The lowest BCUT2D eigenvalue weighted by Crippen LogP contribution is -2.04. The normalized spacial score (nSPS) is 11.9. The molecule has 0 saturated carbocycles. The molecule has 5 nitrogen and oxygen atoms in total. The summed E-state index contributed by atoms with van der Waals surface area (Å²) < 4.78 is 11.1. The molecule has 0 amide bonds. The molecule has 0 aliphatic heterocycles. The number of aromatic nitrogens is 4. The van der Waals surface area contributed by atoms with Crippen molar-refractivity contribution in [2.75, 3.05) is 0 Å². The van der Waals surface area contributed by atoms with Gasteiger partial charge in [-0.2, -0.15) is 0 Å². The second-order valence-corrected chi connectivity index (χ2v) is 14.6. The molecule has 0 radical (unpaired) electrons. The largest absolute Gasteiger partial charge is 0.454 e. The fourth-order valence-electron chi connectivity index (χ4n) is 8.73. The van der Waals surface area contributed by atoms with Gasteiger partial charge >= 0.3 is 0 Å². The number of furan rings is 1. The van der Waals surface area contributed by atoms with Crippen LogP contribution >= 0.6 is 0 Å². The molecule has 0 atom stereocenters. The Morgan fingerprint density at radius 2 is 0.877 bits per heavy atom. The van der Waals surface area contributed by atoms with Gasteiger partial charge in [0.25, 0.3) is 0 Å². The van der Waals surface area contributed by atoms with Crippen molar-refractivity contribution in [3.63, 3.8) is 0 Å². The lowest BCUT2D eigenvalue weighted by molar-refractivity contribution is 0.666. The molecule has 0 aliphatic carbocycles. The second kappa shape index (κ2) is 12.4. The van der Waals surface area contributed by atoms with Crippen LogP contribution in [0.25, 0.3) is 111 Å². The lowest BCUT2D eigenvalue weighted by Gasteiger charge is -2.12. The predicted octanol–water partition coefficient (Wildman–Crippen LogP) is 13.6. The van der Waals surface area contributed by atoms with Crippen molar-refractivity contribution in [3.05, 3.63) is 194 Å². The number of rotatable bonds is 5. The van der Waals surface area contributed by atoms with Crippen molar-refractivity contribution >= 4 is 65.6 Å². The van der Waals surface area contributed by atoms with E-state index in [1.807, 2.05) is 24.3 Å². The average Bonchev–Trinajstić information content (AvgIpc) is 3.94. The summed E-state index contributed by atoms with van der Waals surface area (Å²) in [7, 11) is 0. The molecule has 0 spiro atoms. The number of nitrogens with zero attached hydrogens (tertiary/aromatic N) is 4. The predicted molar refractivity (Wildman–Crippen MR) is 234 cm³/mol. The van der Waals surface area contributed by atoms with Crippen LogP contribution in [0.2, 0.25) is 0 Å². The maximum Gasteiger partial charge on any atom is 0.235 e. The van der Waals surface area contributed by atoms with Crippen molar-refractivity contribution in [1.29, 1.82) is 0 Å². The van der Waals surface area contributed by atoms with E-state index in [0.717, 1.165) is 94.1 Å². The van der Waals surface area contributed by atoms with E-state index in [1.54, 1.807) is 0 Å². The van der Waals surface area contributed by atoms with E-state index in [1.165, 1.54) is 10.8 Å². The molecular formula is C52H32N4O. The maximum atomic E-state index is 6.54. The van der Waals surface area contributed by atoms with Gasteiger partial charge in [0.15, 0.2) is 5.58 Å². The van der Waals surface area contributed by atoms with E-state index < -0.39 is 0 Å². The van der Waals surface area contributed by atoms with Crippen molar-refractivity contribution < 1.29 is 4.42 Å². The third-order valence-electron chi connectivity index (χ3n) is 11.4. The first kappa shape index (κ1) is 31.6. The highest BCUT2D eigenvalue weighted by atomic mass is 16.3. The van der Waals surface area contributed by atoms with Gasteiger partial charge in [0.1, 0.15) is 5.58 Å². The van der Waals surface area contributed by atoms with Crippen LogP contribution in [-0.4, -0.2) is 19.1 Å². The summed E-state index contributed by atoms with van der Waals surface area (Å²) in [6.07, 6.45) is 0. The number of fused-ring (bicyclic) bond motifs is 9. The minimum Gasteiger partial charge on any atom is -0.454 e. The van der Waals surface area contributed by atoms with Crippen LogP contribution in [0, 0.1) is 0 Å². The Balaban J connectivity index is 1.07. The van der Waals surface area contributed by atoms with E-state index in [-0.39, 0.29) is 0 Å². The van der Waals surface area contributed by atoms with Gasteiger partial charge in [-0.3, -0.25) is 4.57 Å². The van der Waals surface area contributed by atoms with Crippen LogP contribution in [0.3, 0.4) is 0 Å². The van der Waals surface area contributed by atoms with E-state index in [4.69, 9.17) is 14.4 Å². The molecule has 57 heavy (non-hydrogen) atoms. The first-order chi connectivity index (χ1) is 28.3. The van der Waals surface area contributed by atoms with E-state index >= 15 is 0 Å². The molecule has 12 rings (SSSR count). The minimum absolute atomic E-state index is 0.636. The number of hydrogen-bond acceptors (Lipinski definition) is 3. The van der Waals surface area contributed by atoms with Crippen LogP contribution in [0.15, 0.2) is 199 Å². The Morgan fingerprint density at radius 3 is 1.61 bits per heavy atom. The molecule has 8 aromatic carbocycles. The molecule has 0 saturated heterocycles. The van der Waals surface area contributed by atoms with Crippen LogP contribution < -0.4 is 0 Å². The van der Waals surface area contributed by atoms with Gasteiger partial charge < -0.3 is 8.98 Å². The molecule has 0 bridgehead atoms. The molecule has 12 aromatic rings. The maximum absolute atomic E-state index is 6.54. The summed E-state index contributed by atoms with van der Waals surface area (Å²) in [5.74, 6) is 0.636. The van der Waals surface area contributed by atoms with Gasteiger partial charge in [-0.15, -0.1) is 0 Å². The molecule has 0 aliphatic rings. The minimum atomic E-state index is 0.636. The highest BCUT2D eigenvalue weighted by Gasteiger charge is 2.20. The van der Waals surface area contributed by atoms with Crippen molar-refractivity contribution in [3.8, 4) is 45.3 Å². The summed E-state index contributed by atoms with van der Waals surface area (Å²) in [6, 6.07) is 68.4. The van der Waals surface area contributed by atoms with E-state index in [0.29, 0.717) is 5.95 Å². The molecule has 266 valence electrons. The summed E-state index contributed by atoms with van der Waals surface area (Å²) >= 11 is 0. The first-order valence-corrected chi connectivity index (χ1v) is 19.2. The van der Waals surface area contributed by atoms with Crippen molar-refractivity contribution in [2.45, 2.75) is 0 Å². The van der Waals surface area contributed by atoms with Crippen LogP contribution in [0.1, 0.15) is 0 Å². The van der Waals surface area contributed by atoms with Gasteiger partial charge in [0.05, 0.1) is 39.1 Å². The lowest BCUT2D eigenvalue weighted by atomic mass is 10.0. The standard InChI is InChI=1S/C52H32N4O/c1-3-14-33(15-4-1)43-32-44(34-16-5-2-6-17-34)54-52(53-43)56-46-23-11-7-18-37(46)39-28-26-36(31-49(39)56)35-27-29-47-42(30-35)38-19-8-10-22-45(38)55(47)48-24-13-21-41-40-20-9-12-25-50(40)57-51(41)48/h1-32H. The molecule has 0 unspecified atom stereocenters. The molecule has 0 N–H and O–H groups in total. The molecule has 4 heterocycles. The summed E-state index contributed by atoms with van der Waals surface area (Å²) in [5.41, 5.74) is 13.3. The summed E-state index contributed by atoms with van der Waals surface area (Å²) in [5, 5.41) is 6.93. The number of benzene rings is 8. The molecular weight excluding hydrogens is 697 g/mol. The quantitative estimate of drug-likeness (QED) is 0.177. The highest BCUT2D eigenvalue weighted by Crippen LogP contribution is 2.41. The monoisotopic (exact) mass is 728 g/mol. The Hall–Kier alpha value is -7.76. The summed E-state index contributed by atoms with van der Waals surface area (Å²) in [6.45, 7) is 0. The Labute approximate surface area is 327 Å².